The molecule has 0 spiro atoms. The molecule has 2 heterocycles. The summed E-state index contributed by atoms with van der Waals surface area (Å²) in [5.74, 6) is -0.203. The van der Waals surface area contributed by atoms with Crippen molar-refractivity contribution in [3.8, 4) is 0 Å². The number of amides is 1. The summed E-state index contributed by atoms with van der Waals surface area (Å²) in [5.41, 5.74) is 1.49. The van der Waals surface area contributed by atoms with Crippen LogP contribution in [0.4, 0.5) is 0 Å². The molecule has 0 bridgehead atoms. The Bertz CT molecular complexity index is 802. The number of carbonyl (C=O) groups excluding carboxylic acids is 1. The van der Waals surface area contributed by atoms with Gasteiger partial charge in [-0.25, -0.2) is 4.98 Å². The van der Waals surface area contributed by atoms with E-state index in [0.29, 0.717) is 5.52 Å². The van der Waals surface area contributed by atoms with E-state index in [1.165, 1.54) is 0 Å². The van der Waals surface area contributed by atoms with Crippen molar-refractivity contribution in [2.75, 3.05) is 6.61 Å². The number of nitrogens with one attached hydrogen (secondary N) is 1. The number of benzene rings is 1. The number of pyridine rings is 1. The SMILES string of the molecule is O=C(N[C@H](CO)c1ccccc1)c1nc(Cl)c2ccccn12. The van der Waals surface area contributed by atoms with E-state index < -0.39 is 11.9 Å². The standard InChI is InChI=1S/C16H14ClN3O2/c17-14-13-8-4-5-9-20(13)15(19-14)16(22)18-12(10-21)11-6-2-1-3-7-11/h1-9,12,21H,10H2,(H,18,22)/t12-/m1/s1. The van der Waals surface area contributed by atoms with E-state index >= 15 is 0 Å². The van der Waals surface area contributed by atoms with Crippen LogP contribution in [0.5, 0.6) is 0 Å². The Labute approximate surface area is 132 Å². The average molecular weight is 316 g/mol. The Morgan fingerprint density at radius 1 is 1.23 bits per heavy atom. The summed E-state index contributed by atoms with van der Waals surface area (Å²) in [4.78, 5) is 16.6. The van der Waals surface area contributed by atoms with Crippen molar-refractivity contribution < 1.29 is 9.90 Å². The summed E-state index contributed by atoms with van der Waals surface area (Å²) in [6, 6.07) is 14.2. The first kappa shape index (κ1) is 14.6. The lowest BCUT2D eigenvalue weighted by Crippen LogP contribution is -2.32. The van der Waals surface area contributed by atoms with Gasteiger partial charge in [0.05, 0.1) is 18.2 Å². The molecule has 112 valence electrons. The van der Waals surface area contributed by atoms with Crippen LogP contribution in [-0.4, -0.2) is 27.0 Å². The first-order valence-electron chi connectivity index (χ1n) is 6.80. The van der Waals surface area contributed by atoms with Gasteiger partial charge < -0.3 is 10.4 Å². The van der Waals surface area contributed by atoms with Gasteiger partial charge in [-0.05, 0) is 17.7 Å². The number of aliphatic hydroxyl groups excluding tert-OH is 1. The van der Waals surface area contributed by atoms with Crippen molar-refractivity contribution in [3.05, 3.63) is 71.3 Å². The van der Waals surface area contributed by atoms with Crippen LogP contribution in [0.2, 0.25) is 5.15 Å². The highest BCUT2D eigenvalue weighted by molar-refractivity contribution is 6.33. The molecule has 0 saturated carbocycles. The Hall–Kier alpha value is -2.37. The topological polar surface area (TPSA) is 66.6 Å². The molecular weight excluding hydrogens is 302 g/mol. The number of halogens is 1. The van der Waals surface area contributed by atoms with Gasteiger partial charge in [-0.2, -0.15) is 0 Å². The van der Waals surface area contributed by atoms with E-state index in [2.05, 4.69) is 10.3 Å². The zero-order valence-corrected chi connectivity index (χ0v) is 12.4. The normalized spacial score (nSPS) is 12.3. The molecule has 0 unspecified atom stereocenters. The van der Waals surface area contributed by atoms with Crippen LogP contribution in [0.3, 0.4) is 0 Å². The lowest BCUT2D eigenvalue weighted by Gasteiger charge is -2.16. The van der Waals surface area contributed by atoms with Crippen molar-refractivity contribution in [2.45, 2.75) is 6.04 Å². The predicted molar refractivity (Wildman–Crippen MR) is 83.9 cm³/mol. The van der Waals surface area contributed by atoms with E-state index in [4.69, 9.17) is 11.6 Å². The van der Waals surface area contributed by atoms with Crippen LogP contribution in [0.15, 0.2) is 54.7 Å². The number of nitrogens with zero attached hydrogens (tertiary/aromatic N) is 2. The molecule has 3 aromatic rings. The summed E-state index contributed by atoms with van der Waals surface area (Å²) in [6.07, 6.45) is 1.72. The number of aliphatic hydroxyl groups is 1. The number of rotatable bonds is 4. The lowest BCUT2D eigenvalue weighted by atomic mass is 10.1. The van der Waals surface area contributed by atoms with E-state index in [0.717, 1.165) is 5.56 Å². The molecule has 0 aliphatic heterocycles. The molecule has 2 N–H and O–H groups in total. The molecule has 22 heavy (non-hydrogen) atoms. The molecule has 1 atom stereocenters. The Morgan fingerprint density at radius 2 is 1.95 bits per heavy atom. The summed E-state index contributed by atoms with van der Waals surface area (Å²) < 4.78 is 1.62. The van der Waals surface area contributed by atoms with Crippen molar-refractivity contribution >= 4 is 23.0 Å². The van der Waals surface area contributed by atoms with Gasteiger partial charge in [0.2, 0.25) is 5.82 Å². The van der Waals surface area contributed by atoms with Gasteiger partial charge in [0, 0.05) is 6.20 Å². The summed E-state index contributed by atoms with van der Waals surface area (Å²) >= 11 is 6.05. The van der Waals surface area contributed by atoms with Crippen LogP contribution in [-0.2, 0) is 0 Å². The third kappa shape index (κ3) is 2.68. The quantitative estimate of drug-likeness (QED) is 0.777. The van der Waals surface area contributed by atoms with Crippen LogP contribution in [0.1, 0.15) is 22.2 Å². The van der Waals surface area contributed by atoms with Gasteiger partial charge in [0.15, 0.2) is 5.15 Å². The zero-order chi connectivity index (χ0) is 15.5. The fourth-order valence-corrected chi connectivity index (χ4v) is 2.54. The number of fused-ring (bicyclic) bond motifs is 1. The van der Waals surface area contributed by atoms with E-state index in [-0.39, 0.29) is 17.6 Å². The molecule has 6 heteroatoms. The fourth-order valence-electron chi connectivity index (χ4n) is 2.30. The molecule has 0 aliphatic rings. The van der Waals surface area contributed by atoms with Gasteiger partial charge in [-0.3, -0.25) is 9.20 Å². The number of hydrogen-bond donors (Lipinski definition) is 2. The van der Waals surface area contributed by atoms with Crippen LogP contribution in [0, 0.1) is 0 Å². The monoisotopic (exact) mass is 315 g/mol. The number of aromatic nitrogens is 2. The number of imidazole rings is 1. The first-order valence-corrected chi connectivity index (χ1v) is 7.17. The highest BCUT2D eigenvalue weighted by Crippen LogP contribution is 2.19. The Kier molecular flexibility index (Phi) is 4.09. The summed E-state index contributed by atoms with van der Waals surface area (Å²) in [7, 11) is 0. The smallest absolute Gasteiger partial charge is 0.288 e. The predicted octanol–water partition coefficient (Wildman–Crippen LogP) is 2.45. The minimum Gasteiger partial charge on any atom is -0.394 e. The van der Waals surface area contributed by atoms with E-state index in [1.807, 2.05) is 36.4 Å². The molecule has 0 aliphatic carbocycles. The largest absolute Gasteiger partial charge is 0.394 e. The highest BCUT2D eigenvalue weighted by atomic mass is 35.5. The summed E-state index contributed by atoms with van der Waals surface area (Å²) in [5, 5.41) is 12.6. The van der Waals surface area contributed by atoms with Crippen molar-refractivity contribution in [2.24, 2.45) is 0 Å². The van der Waals surface area contributed by atoms with Crippen molar-refractivity contribution in [1.29, 1.82) is 0 Å². The Balaban J connectivity index is 1.90. The minimum atomic E-state index is -0.497. The second-order valence-corrected chi connectivity index (χ2v) is 5.16. The van der Waals surface area contributed by atoms with Gasteiger partial charge in [-0.15, -0.1) is 0 Å². The Morgan fingerprint density at radius 3 is 2.68 bits per heavy atom. The lowest BCUT2D eigenvalue weighted by molar-refractivity contribution is 0.0905. The maximum absolute atomic E-state index is 12.5. The number of carbonyl (C=O) groups is 1. The maximum Gasteiger partial charge on any atom is 0.288 e. The van der Waals surface area contributed by atoms with Gasteiger partial charge >= 0.3 is 0 Å². The third-order valence-electron chi connectivity index (χ3n) is 3.40. The van der Waals surface area contributed by atoms with E-state index in [1.54, 1.807) is 22.7 Å². The molecule has 0 fully saturated rings. The fraction of sp³-hybridized carbons (Fsp3) is 0.125. The highest BCUT2D eigenvalue weighted by Gasteiger charge is 2.20. The molecule has 2 aromatic heterocycles. The van der Waals surface area contributed by atoms with Crippen LogP contribution < -0.4 is 5.32 Å². The maximum atomic E-state index is 12.5. The van der Waals surface area contributed by atoms with E-state index in [9.17, 15) is 9.90 Å². The van der Waals surface area contributed by atoms with Crippen LogP contribution in [0.25, 0.3) is 5.52 Å². The van der Waals surface area contributed by atoms with Crippen molar-refractivity contribution in [1.82, 2.24) is 14.7 Å². The summed E-state index contributed by atoms with van der Waals surface area (Å²) in [6.45, 7) is -0.202. The minimum absolute atomic E-state index is 0.190. The van der Waals surface area contributed by atoms with Crippen molar-refractivity contribution in [3.63, 3.8) is 0 Å². The second-order valence-electron chi connectivity index (χ2n) is 4.80. The molecule has 1 aromatic carbocycles. The second kappa shape index (κ2) is 6.17. The molecule has 0 radical (unpaired) electrons. The molecule has 1 amide bonds. The van der Waals surface area contributed by atoms with Crippen LogP contribution >= 0.6 is 11.6 Å². The van der Waals surface area contributed by atoms with Gasteiger partial charge in [0.1, 0.15) is 0 Å². The first-order chi connectivity index (χ1) is 10.7. The molecule has 0 saturated heterocycles. The molecular formula is C16H14ClN3O2. The zero-order valence-electron chi connectivity index (χ0n) is 11.6. The van der Waals surface area contributed by atoms with Gasteiger partial charge in [-0.1, -0.05) is 48.0 Å². The van der Waals surface area contributed by atoms with Gasteiger partial charge in [0.25, 0.3) is 5.91 Å². The third-order valence-corrected chi connectivity index (χ3v) is 3.67. The average Bonchev–Trinajstić information content (AvgIpc) is 2.91. The molecule has 5 nitrogen and oxygen atoms in total. The molecule has 3 rings (SSSR count). The number of hydrogen-bond acceptors (Lipinski definition) is 3.